The lowest BCUT2D eigenvalue weighted by molar-refractivity contribution is 0.314. The third-order valence-corrected chi connectivity index (χ3v) is 4.05. The summed E-state index contributed by atoms with van der Waals surface area (Å²) in [6.07, 6.45) is 2.58. The molecule has 1 atom stereocenters. The molecule has 1 aliphatic heterocycles. The lowest BCUT2D eigenvalue weighted by atomic mass is 10.2. The Morgan fingerprint density at radius 3 is 2.75 bits per heavy atom. The maximum atomic E-state index is 4.70. The van der Waals surface area contributed by atoms with Gasteiger partial charge in [0.2, 0.25) is 0 Å². The van der Waals surface area contributed by atoms with Gasteiger partial charge in [0.1, 0.15) is 17.5 Å². The number of hydrogen-bond donors (Lipinski definition) is 1. The van der Waals surface area contributed by atoms with Crippen LogP contribution in [0.2, 0.25) is 0 Å². The number of likely N-dealkylation sites (N-methyl/N-ethyl adjacent to an activating group) is 2. The predicted octanol–water partition coefficient (Wildman–Crippen LogP) is 2.17. The third-order valence-electron chi connectivity index (χ3n) is 4.05. The third kappa shape index (κ3) is 3.39. The largest absolute Gasteiger partial charge is 0.373 e. The van der Waals surface area contributed by atoms with Crippen LogP contribution < -0.4 is 10.2 Å². The second-order valence-corrected chi connectivity index (χ2v) is 6.03. The first-order chi connectivity index (χ1) is 9.51. The Bertz CT molecular complexity index is 446. The highest BCUT2D eigenvalue weighted by molar-refractivity contribution is 5.49. The Morgan fingerprint density at radius 2 is 2.20 bits per heavy atom. The van der Waals surface area contributed by atoms with E-state index in [0.29, 0.717) is 12.0 Å². The van der Waals surface area contributed by atoms with Gasteiger partial charge in [0.05, 0.1) is 0 Å². The summed E-state index contributed by atoms with van der Waals surface area (Å²) in [5, 5.41) is 3.13. The van der Waals surface area contributed by atoms with Crippen LogP contribution in [-0.2, 0) is 0 Å². The summed E-state index contributed by atoms with van der Waals surface area (Å²) < 4.78 is 0. The Labute approximate surface area is 122 Å². The van der Waals surface area contributed by atoms with Crippen molar-refractivity contribution in [1.82, 2.24) is 14.9 Å². The molecule has 0 amide bonds. The van der Waals surface area contributed by atoms with Gasteiger partial charge in [-0.25, -0.2) is 9.97 Å². The summed E-state index contributed by atoms with van der Waals surface area (Å²) in [6, 6.07) is 2.66. The maximum absolute atomic E-state index is 4.70. The normalized spacial score (nSPS) is 19.6. The number of aromatic nitrogens is 2. The Kier molecular flexibility index (Phi) is 4.81. The monoisotopic (exact) mass is 277 g/mol. The summed E-state index contributed by atoms with van der Waals surface area (Å²) in [7, 11) is 6.24. The number of hydrogen-bond acceptors (Lipinski definition) is 5. The molecule has 0 bridgehead atoms. The van der Waals surface area contributed by atoms with Gasteiger partial charge in [0.25, 0.3) is 0 Å². The van der Waals surface area contributed by atoms with Crippen LogP contribution in [0.1, 0.15) is 38.4 Å². The highest BCUT2D eigenvalue weighted by Crippen LogP contribution is 2.21. The summed E-state index contributed by atoms with van der Waals surface area (Å²) in [6.45, 7) is 6.49. The molecule has 1 aliphatic rings. The van der Waals surface area contributed by atoms with E-state index in [1.54, 1.807) is 0 Å². The lowest BCUT2D eigenvalue weighted by Crippen LogP contribution is -2.37. The van der Waals surface area contributed by atoms with E-state index in [1.165, 1.54) is 19.4 Å². The zero-order valence-corrected chi connectivity index (χ0v) is 13.3. The molecule has 20 heavy (non-hydrogen) atoms. The molecule has 0 aliphatic carbocycles. The fourth-order valence-electron chi connectivity index (χ4n) is 2.65. The van der Waals surface area contributed by atoms with E-state index >= 15 is 0 Å². The Morgan fingerprint density at radius 1 is 1.45 bits per heavy atom. The predicted molar refractivity (Wildman–Crippen MR) is 84.6 cm³/mol. The molecule has 0 spiro atoms. The fourth-order valence-corrected chi connectivity index (χ4v) is 2.65. The molecule has 0 saturated carbocycles. The minimum absolute atomic E-state index is 0.338. The second kappa shape index (κ2) is 6.39. The summed E-state index contributed by atoms with van der Waals surface area (Å²) >= 11 is 0. The van der Waals surface area contributed by atoms with Gasteiger partial charge in [0, 0.05) is 38.7 Å². The number of anilines is 2. The van der Waals surface area contributed by atoms with Gasteiger partial charge >= 0.3 is 0 Å². The first-order valence-electron chi connectivity index (χ1n) is 7.49. The van der Waals surface area contributed by atoms with E-state index in [-0.39, 0.29) is 0 Å². The lowest BCUT2D eigenvalue weighted by Gasteiger charge is -2.27. The van der Waals surface area contributed by atoms with Crippen molar-refractivity contribution in [2.75, 3.05) is 44.4 Å². The quantitative estimate of drug-likeness (QED) is 0.893. The van der Waals surface area contributed by atoms with Gasteiger partial charge in [-0.1, -0.05) is 13.8 Å². The second-order valence-electron chi connectivity index (χ2n) is 6.03. The zero-order chi connectivity index (χ0) is 14.7. The smallest absolute Gasteiger partial charge is 0.135 e. The number of rotatable bonds is 5. The first-order valence-corrected chi connectivity index (χ1v) is 7.49. The highest BCUT2D eigenvalue weighted by Gasteiger charge is 2.23. The van der Waals surface area contributed by atoms with Crippen molar-refractivity contribution >= 4 is 11.6 Å². The molecule has 1 fully saturated rings. The standard InChI is InChI=1S/C15H27N5/c1-11(2)15-17-13(16-3)9-14(18-15)20(5)10-12-7-6-8-19(12)4/h9,11-12H,6-8,10H2,1-5H3,(H,16,17,18). The van der Waals surface area contributed by atoms with Crippen molar-refractivity contribution < 1.29 is 0 Å². The van der Waals surface area contributed by atoms with Crippen molar-refractivity contribution in [3.8, 4) is 0 Å². The van der Waals surface area contributed by atoms with Crippen LogP contribution in [0.4, 0.5) is 11.6 Å². The van der Waals surface area contributed by atoms with E-state index in [0.717, 1.165) is 24.0 Å². The van der Waals surface area contributed by atoms with Crippen LogP contribution in [0.5, 0.6) is 0 Å². The fraction of sp³-hybridized carbons (Fsp3) is 0.733. The average molecular weight is 277 g/mol. The van der Waals surface area contributed by atoms with Gasteiger partial charge in [0.15, 0.2) is 0 Å². The average Bonchev–Trinajstić information content (AvgIpc) is 2.83. The highest BCUT2D eigenvalue weighted by atomic mass is 15.2. The Hall–Kier alpha value is -1.36. The SMILES string of the molecule is CNc1cc(N(C)CC2CCCN2C)nc(C(C)C)n1. The zero-order valence-electron chi connectivity index (χ0n) is 13.3. The summed E-state index contributed by atoms with van der Waals surface area (Å²) in [4.78, 5) is 13.9. The van der Waals surface area contributed by atoms with Crippen LogP contribution in [-0.4, -0.2) is 55.1 Å². The summed E-state index contributed by atoms with van der Waals surface area (Å²) in [5.41, 5.74) is 0. The van der Waals surface area contributed by atoms with Crippen LogP contribution in [0.25, 0.3) is 0 Å². The van der Waals surface area contributed by atoms with E-state index in [4.69, 9.17) is 4.98 Å². The first kappa shape index (κ1) is 15.0. The molecule has 2 heterocycles. The van der Waals surface area contributed by atoms with Gasteiger partial charge in [-0.15, -0.1) is 0 Å². The molecule has 0 radical (unpaired) electrons. The van der Waals surface area contributed by atoms with Crippen LogP contribution >= 0.6 is 0 Å². The van der Waals surface area contributed by atoms with Crippen molar-refractivity contribution in [2.24, 2.45) is 0 Å². The van der Waals surface area contributed by atoms with Crippen LogP contribution in [0, 0.1) is 0 Å². The van der Waals surface area contributed by atoms with E-state index in [1.807, 2.05) is 13.1 Å². The molecule has 5 nitrogen and oxygen atoms in total. The van der Waals surface area contributed by atoms with Gasteiger partial charge in [-0.3, -0.25) is 0 Å². The number of nitrogens with one attached hydrogen (secondary N) is 1. The number of nitrogens with zero attached hydrogens (tertiary/aromatic N) is 4. The molecule has 1 saturated heterocycles. The molecule has 1 aromatic rings. The molecular formula is C15H27N5. The Balaban J connectivity index is 2.15. The molecular weight excluding hydrogens is 250 g/mol. The minimum Gasteiger partial charge on any atom is -0.373 e. The van der Waals surface area contributed by atoms with Gasteiger partial charge < -0.3 is 15.1 Å². The van der Waals surface area contributed by atoms with Crippen LogP contribution in [0.15, 0.2) is 6.07 Å². The van der Waals surface area contributed by atoms with Gasteiger partial charge in [-0.05, 0) is 26.4 Å². The van der Waals surface area contributed by atoms with E-state index in [9.17, 15) is 0 Å². The molecule has 112 valence electrons. The maximum Gasteiger partial charge on any atom is 0.135 e. The molecule has 1 unspecified atom stereocenters. The summed E-state index contributed by atoms with van der Waals surface area (Å²) in [5.74, 6) is 3.14. The molecule has 0 aromatic carbocycles. The van der Waals surface area contributed by atoms with Crippen molar-refractivity contribution in [3.63, 3.8) is 0 Å². The number of likely N-dealkylation sites (tertiary alicyclic amines) is 1. The van der Waals surface area contributed by atoms with E-state index < -0.39 is 0 Å². The van der Waals surface area contributed by atoms with Crippen molar-refractivity contribution in [1.29, 1.82) is 0 Å². The van der Waals surface area contributed by atoms with Crippen LogP contribution in [0.3, 0.4) is 0 Å². The molecule has 1 N–H and O–H groups in total. The minimum atomic E-state index is 0.338. The molecule has 1 aromatic heterocycles. The van der Waals surface area contributed by atoms with Gasteiger partial charge in [-0.2, -0.15) is 0 Å². The molecule has 2 rings (SSSR count). The molecule has 5 heteroatoms. The van der Waals surface area contributed by atoms with Crippen molar-refractivity contribution in [3.05, 3.63) is 11.9 Å². The van der Waals surface area contributed by atoms with Crippen molar-refractivity contribution in [2.45, 2.75) is 38.6 Å². The topological polar surface area (TPSA) is 44.3 Å². The van der Waals surface area contributed by atoms with E-state index in [2.05, 4.69) is 48.0 Å².